The second-order valence-electron chi connectivity index (χ2n) is 4.37. The Kier molecular flexibility index (Phi) is 2.93. The number of carbonyl (C=O) groups excluding carboxylic acids is 1. The number of hydrogen-bond acceptors (Lipinski definition) is 3. The van der Waals surface area contributed by atoms with Gasteiger partial charge in [-0.25, -0.2) is 4.98 Å². The Balaban J connectivity index is 2.11. The maximum Gasteiger partial charge on any atom is 0.289 e. The molecule has 0 radical (unpaired) electrons. The fourth-order valence-corrected chi connectivity index (χ4v) is 2.27. The number of rotatable bonds is 3. The minimum Gasteiger partial charge on any atom is -0.436 e. The second-order valence-corrected chi connectivity index (χ2v) is 4.64. The predicted molar refractivity (Wildman–Crippen MR) is 60.7 cm³/mol. The first-order valence-corrected chi connectivity index (χ1v) is 5.92. The topological polar surface area (TPSA) is 55.1 Å². The van der Waals surface area contributed by atoms with Gasteiger partial charge in [0.2, 0.25) is 5.76 Å². The molecule has 1 amide bonds. The summed E-state index contributed by atoms with van der Waals surface area (Å²) in [6.45, 7) is 3.49. The summed E-state index contributed by atoms with van der Waals surface area (Å²) in [5, 5.41) is 2.95. The highest BCUT2D eigenvalue weighted by Crippen LogP contribution is 2.33. The van der Waals surface area contributed by atoms with E-state index in [1.165, 1.54) is 0 Å². The quantitative estimate of drug-likeness (QED) is 0.827. The van der Waals surface area contributed by atoms with Crippen LogP contribution in [0.3, 0.4) is 0 Å². The molecule has 0 atom stereocenters. The van der Waals surface area contributed by atoms with E-state index >= 15 is 0 Å². The molecule has 1 N–H and O–H groups in total. The van der Waals surface area contributed by atoms with Crippen molar-refractivity contribution in [2.45, 2.75) is 38.6 Å². The maximum atomic E-state index is 11.9. The molecule has 2 rings (SSSR count). The van der Waals surface area contributed by atoms with E-state index in [1.807, 2.05) is 0 Å². The molecular weight excluding hydrogens is 228 g/mol. The lowest BCUT2D eigenvalue weighted by molar-refractivity contribution is 0.0823. The van der Waals surface area contributed by atoms with E-state index in [4.69, 9.17) is 16.0 Å². The van der Waals surface area contributed by atoms with E-state index < -0.39 is 0 Å². The van der Waals surface area contributed by atoms with Crippen molar-refractivity contribution >= 4 is 17.5 Å². The SMILES string of the molecule is Cc1nc(C)c(C(=O)NC2(CCl)CCC2)o1. The molecule has 88 valence electrons. The summed E-state index contributed by atoms with van der Waals surface area (Å²) in [7, 11) is 0. The van der Waals surface area contributed by atoms with Crippen molar-refractivity contribution in [2.75, 3.05) is 5.88 Å². The molecule has 0 spiro atoms. The molecule has 16 heavy (non-hydrogen) atoms. The van der Waals surface area contributed by atoms with E-state index in [2.05, 4.69) is 10.3 Å². The Hall–Kier alpha value is -1.03. The summed E-state index contributed by atoms with van der Waals surface area (Å²) in [5.41, 5.74) is 0.394. The number of hydrogen-bond donors (Lipinski definition) is 1. The first-order chi connectivity index (χ1) is 7.56. The van der Waals surface area contributed by atoms with Crippen LogP contribution in [0.5, 0.6) is 0 Å². The van der Waals surface area contributed by atoms with Gasteiger partial charge < -0.3 is 9.73 Å². The zero-order valence-corrected chi connectivity index (χ0v) is 10.2. The highest BCUT2D eigenvalue weighted by Gasteiger charge is 2.38. The van der Waals surface area contributed by atoms with Gasteiger partial charge in [0.15, 0.2) is 5.89 Å². The van der Waals surface area contributed by atoms with E-state index in [0.29, 0.717) is 23.2 Å². The van der Waals surface area contributed by atoms with Crippen LogP contribution in [-0.4, -0.2) is 22.3 Å². The van der Waals surface area contributed by atoms with Crippen molar-refractivity contribution in [2.24, 2.45) is 0 Å². The maximum absolute atomic E-state index is 11.9. The number of nitrogens with zero attached hydrogens (tertiary/aromatic N) is 1. The molecule has 1 heterocycles. The van der Waals surface area contributed by atoms with Gasteiger partial charge in [0.05, 0.1) is 11.2 Å². The molecule has 5 heteroatoms. The smallest absolute Gasteiger partial charge is 0.289 e. The molecule has 1 aliphatic rings. The zero-order chi connectivity index (χ0) is 11.8. The van der Waals surface area contributed by atoms with E-state index in [0.717, 1.165) is 19.3 Å². The minimum atomic E-state index is -0.230. The number of halogens is 1. The molecule has 0 aromatic carbocycles. The molecule has 1 aliphatic carbocycles. The van der Waals surface area contributed by atoms with Gasteiger partial charge in [-0.1, -0.05) is 0 Å². The third-order valence-electron chi connectivity index (χ3n) is 3.05. The van der Waals surface area contributed by atoms with Crippen LogP contribution in [0.25, 0.3) is 0 Å². The number of amides is 1. The molecule has 1 aromatic heterocycles. The summed E-state index contributed by atoms with van der Waals surface area (Å²) in [5.74, 6) is 1.05. The van der Waals surface area contributed by atoms with Crippen LogP contribution >= 0.6 is 11.6 Å². The van der Waals surface area contributed by atoms with Gasteiger partial charge in [-0.15, -0.1) is 11.6 Å². The number of nitrogens with one attached hydrogen (secondary N) is 1. The Bertz CT molecular complexity index is 405. The van der Waals surface area contributed by atoms with Gasteiger partial charge >= 0.3 is 0 Å². The van der Waals surface area contributed by atoms with E-state index in [9.17, 15) is 4.79 Å². The molecular formula is C11H15ClN2O2. The van der Waals surface area contributed by atoms with Crippen LogP contribution in [-0.2, 0) is 0 Å². The summed E-state index contributed by atoms with van der Waals surface area (Å²) in [6.07, 6.45) is 2.99. The van der Waals surface area contributed by atoms with Gasteiger partial charge in [-0.2, -0.15) is 0 Å². The van der Waals surface area contributed by atoms with Crippen LogP contribution in [0.15, 0.2) is 4.42 Å². The monoisotopic (exact) mass is 242 g/mol. The van der Waals surface area contributed by atoms with Crippen molar-refractivity contribution in [1.29, 1.82) is 0 Å². The number of oxazole rings is 1. The van der Waals surface area contributed by atoms with Crippen molar-refractivity contribution in [3.05, 3.63) is 17.3 Å². The number of aryl methyl sites for hydroxylation is 2. The van der Waals surface area contributed by atoms with Gasteiger partial charge in [-0.3, -0.25) is 4.79 Å². The third-order valence-corrected chi connectivity index (χ3v) is 3.57. The fraction of sp³-hybridized carbons (Fsp3) is 0.636. The lowest BCUT2D eigenvalue weighted by Crippen LogP contribution is -2.55. The van der Waals surface area contributed by atoms with Crippen molar-refractivity contribution in [3.8, 4) is 0 Å². The zero-order valence-electron chi connectivity index (χ0n) is 9.47. The molecule has 0 bridgehead atoms. The lowest BCUT2D eigenvalue weighted by Gasteiger charge is -2.40. The van der Waals surface area contributed by atoms with Crippen LogP contribution < -0.4 is 5.32 Å². The molecule has 0 unspecified atom stereocenters. The summed E-state index contributed by atoms with van der Waals surface area (Å²) >= 11 is 5.88. The molecule has 0 saturated heterocycles. The highest BCUT2D eigenvalue weighted by molar-refractivity contribution is 6.19. The third kappa shape index (κ3) is 1.94. The van der Waals surface area contributed by atoms with Crippen LogP contribution in [0, 0.1) is 13.8 Å². The second kappa shape index (κ2) is 4.09. The Morgan fingerprint density at radius 2 is 2.25 bits per heavy atom. The van der Waals surface area contributed by atoms with Gasteiger partial charge in [0.1, 0.15) is 0 Å². The minimum absolute atomic E-state index is 0.210. The molecule has 1 aromatic rings. The van der Waals surface area contributed by atoms with Gasteiger partial charge in [0.25, 0.3) is 5.91 Å². The fourth-order valence-electron chi connectivity index (χ4n) is 1.94. The molecule has 1 saturated carbocycles. The van der Waals surface area contributed by atoms with Crippen molar-refractivity contribution in [1.82, 2.24) is 10.3 Å². The van der Waals surface area contributed by atoms with E-state index in [1.54, 1.807) is 13.8 Å². The normalized spacial score (nSPS) is 17.9. The standard InChI is InChI=1S/C11H15ClN2O2/c1-7-9(16-8(2)13-7)10(15)14-11(6-12)4-3-5-11/h3-6H2,1-2H3,(H,14,15). The number of aromatic nitrogens is 1. The molecule has 4 nitrogen and oxygen atoms in total. The first kappa shape index (κ1) is 11.5. The predicted octanol–water partition coefficient (Wildman–Crippen LogP) is 2.18. The largest absolute Gasteiger partial charge is 0.436 e. The average Bonchev–Trinajstić information content (AvgIpc) is 2.51. The number of alkyl halides is 1. The summed E-state index contributed by atoms with van der Waals surface area (Å²) in [6, 6.07) is 0. The average molecular weight is 243 g/mol. The van der Waals surface area contributed by atoms with Crippen LogP contribution in [0.1, 0.15) is 41.4 Å². The van der Waals surface area contributed by atoms with Crippen molar-refractivity contribution < 1.29 is 9.21 Å². The summed E-state index contributed by atoms with van der Waals surface area (Å²) in [4.78, 5) is 16.0. The van der Waals surface area contributed by atoms with Gasteiger partial charge in [0, 0.05) is 12.8 Å². The van der Waals surface area contributed by atoms with Crippen molar-refractivity contribution in [3.63, 3.8) is 0 Å². The van der Waals surface area contributed by atoms with Crippen LogP contribution in [0.4, 0.5) is 0 Å². The number of carbonyl (C=O) groups is 1. The first-order valence-electron chi connectivity index (χ1n) is 5.39. The molecule has 0 aliphatic heterocycles. The highest BCUT2D eigenvalue weighted by atomic mass is 35.5. The van der Waals surface area contributed by atoms with Crippen LogP contribution in [0.2, 0.25) is 0 Å². The Morgan fingerprint density at radius 1 is 1.56 bits per heavy atom. The Morgan fingerprint density at radius 3 is 2.62 bits per heavy atom. The van der Waals surface area contributed by atoms with E-state index in [-0.39, 0.29) is 11.4 Å². The summed E-state index contributed by atoms with van der Waals surface area (Å²) < 4.78 is 5.27. The van der Waals surface area contributed by atoms with Gasteiger partial charge in [-0.05, 0) is 26.2 Å². The Labute approximate surface area is 99.4 Å². The lowest BCUT2D eigenvalue weighted by atomic mass is 9.78. The molecule has 1 fully saturated rings.